The van der Waals surface area contributed by atoms with Gasteiger partial charge in [-0.15, -0.1) is 11.3 Å². The van der Waals surface area contributed by atoms with Gasteiger partial charge in [-0.2, -0.15) is 0 Å². The van der Waals surface area contributed by atoms with Gasteiger partial charge < -0.3 is 15.5 Å². The van der Waals surface area contributed by atoms with E-state index in [1.54, 1.807) is 11.3 Å². The van der Waals surface area contributed by atoms with Crippen LogP contribution < -0.4 is 10.6 Å². The van der Waals surface area contributed by atoms with Crippen molar-refractivity contribution in [3.63, 3.8) is 0 Å². The highest BCUT2D eigenvalue weighted by atomic mass is 32.1. The minimum Gasteiger partial charge on any atom is -0.354 e. The maximum Gasteiger partial charge on any atom is 0.191 e. The Balaban J connectivity index is 1.87. The molecule has 0 aromatic carbocycles. The standard InChI is InChI=1S/C14H24N4S/c1-10-8-11(10)17-14(15-2)16-9-12(18(3)4)13-6-5-7-19-13/h5-7,10-12H,8-9H2,1-4H3,(H2,15,16,17). The Morgan fingerprint density at radius 2 is 2.32 bits per heavy atom. The zero-order valence-electron chi connectivity index (χ0n) is 12.2. The monoisotopic (exact) mass is 280 g/mol. The summed E-state index contributed by atoms with van der Waals surface area (Å²) in [6.45, 7) is 3.13. The van der Waals surface area contributed by atoms with Crippen molar-refractivity contribution >= 4 is 17.3 Å². The van der Waals surface area contributed by atoms with Crippen LogP contribution in [0.25, 0.3) is 0 Å². The Bertz CT molecular complexity index is 413. The predicted molar refractivity (Wildman–Crippen MR) is 82.8 cm³/mol. The first-order chi connectivity index (χ1) is 9.11. The third-order valence-corrected chi connectivity index (χ3v) is 4.59. The summed E-state index contributed by atoms with van der Waals surface area (Å²) in [5.41, 5.74) is 0. The first-order valence-electron chi connectivity index (χ1n) is 6.78. The molecule has 5 heteroatoms. The van der Waals surface area contributed by atoms with Crippen LogP contribution >= 0.6 is 11.3 Å². The van der Waals surface area contributed by atoms with Crippen LogP contribution in [0.1, 0.15) is 24.3 Å². The van der Waals surface area contributed by atoms with Gasteiger partial charge in [-0.3, -0.25) is 4.99 Å². The van der Waals surface area contributed by atoms with Gasteiger partial charge in [0.2, 0.25) is 0 Å². The Morgan fingerprint density at radius 1 is 1.58 bits per heavy atom. The van der Waals surface area contributed by atoms with E-state index >= 15 is 0 Å². The Kier molecular flexibility index (Phi) is 4.82. The number of aliphatic imine (C=N–C) groups is 1. The van der Waals surface area contributed by atoms with Crippen molar-refractivity contribution in [1.82, 2.24) is 15.5 Å². The van der Waals surface area contributed by atoms with E-state index in [1.165, 1.54) is 11.3 Å². The number of nitrogens with one attached hydrogen (secondary N) is 2. The zero-order chi connectivity index (χ0) is 13.8. The molecular formula is C14H24N4S. The number of thiophene rings is 1. The van der Waals surface area contributed by atoms with Crippen LogP contribution in [0.2, 0.25) is 0 Å². The molecule has 1 saturated carbocycles. The van der Waals surface area contributed by atoms with E-state index in [2.05, 4.69) is 59.1 Å². The summed E-state index contributed by atoms with van der Waals surface area (Å²) in [5, 5.41) is 9.02. The molecule has 1 aliphatic carbocycles. The molecule has 0 aliphatic heterocycles. The van der Waals surface area contributed by atoms with Gasteiger partial charge in [0.25, 0.3) is 0 Å². The van der Waals surface area contributed by atoms with Gasteiger partial charge in [0.15, 0.2) is 5.96 Å². The summed E-state index contributed by atoms with van der Waals surface area (Å²) in [4.78, 5) is 7.92. The molecule has 1 aromatic rings. The highest BCUT2D eigenvalue weighted by Gasteiger charge is 2.33. The van der Waals surface area contributed by atoms with Gasteiger partial charge in [-0.05, 0) is 37.9 Å². The lowest BCUT2D eigenvalue weighted by Gasteiger charge is -2.24. The minimum absolute atomic E-state index is 0.384. The lowest BCUT2D eigenvalue weighted by molar-refractivity contribution is 0.302. The maximum absolute atomic E-state index is 4.29. The molecule has 3 unspecified atom stereocenters. The SMILES string of the molecule is CN=C(NCC(c1cccs1)N(C)C)NC1CC1C. The van der Waals surface area contributed by atoms with E-state index in [0.29, 0.717) is 12.1 Å². The molecule has 0 saturated heterocycles. The van der Waals surface area contributed by atoms with E-state index in [4.69, 9.17) is 0 Å². The highest BCUT2D eigenvalue weighted by Crippen LogP contribution is 2.28. The Labute approximate surface area is 119 Å². The molecule has 0 bridgehead atoms. The molecule has 106 valence electrons. The Hall–Kier alpha value is -1.07. The number of guanidine groups is 1. The van der Waals surface area contributed by atoms with E-state index in [-0.39, 0.29) is 0 Å². The number of hydrogen-bond donors (Lipinski definition) is 2. The van der Waals surface area contributed by atoms with Crippen LogP contribution in [-0.4, -0.2) is 44.6 Å². The van der Waals surface area contributed by atoms with Crippen molar-refractivity contribution in [2.24, 2.45) is 10.9 Å². The van der Waals surface area contributed by atoms with Crippen molar-refractivity contribution in [2.45, 2.75) is 25.4 Å². The molecule has 4 nitrogen and oxygen atoms in total. The Morgan fingerprint density at radius 3 is 2.79 bits per heavy atom. The summed E-state index contributed by atoms with van der Waals surface area (Å²) in [5.74, 6) is 1.69. The largest absolute Gasteiger partial charge is 0.354 e. The van der Waals surface area contributed by atoms with Crippen LogP contribution in [0.4, 0.5) is 0 Å². The van der Waals surface area contributed by atoms with Gasteiger partial charge in [-0.1, -0.05) is 13.0 Å². The fourth-order valence-electron chi connectivity index (χ4n) is 2.11. The summed E-state index contributed by atoms with van der Waals surface area (Å²) in [6.07, 6.45) is 1.25. The summed E-state index contributed by atoms with van der Waals surface area (Å²) >= 11 is 1.80. The average Bonchev–Trinajstić information content (AvgIpc) is 2.86. The van der Waals surface area contributed by atoms with Crippen LogP contribution in [0.5, 0.6) is 0 Å². The maximum atomic E-state index is 4.29. The topological polar surface area (TPSA) is 39.7 Å². The van der Waals surface area contributed by atoms with Gasteiger partial charge >= 0.3 is 0 Å². The van der Waals surface area contributed by atoms with Crippen LogP contribution in [0.15, 0.2) is 22.5 Å². The smallest absolute Gasteiger partial charge is 0.191 e. The first kappa shape index (κ1) is 14.3. The second kappa shape index (κ2) is 6.39. The van der Waals surface area contributed by atoms with E-state index in [0.717, 1.165) is 18.4 Å². The summed E-state index contributed by atoms with van der Waals surface area (Å²) in [7, 11) is 6.06. The molecule has 3 atom stereocenters. The quantitative estimate of drug-likeness (QED) is 0.639. The fraction of sp³-hybridized carbons (Fsp3) is 0.643. The second-order valence-corrected chi connectivity index (χ2v) is 6.39. The van der Waals surface area contributed by atoms with E-state index in [9.17, 15) is 0 Å². The van der Waals surface area contributed by atoms with Crippen molar-refractivity contribution in [3.05, 3.63) is 22.4 Å². The molecule has 1 aromatic heterocycles. The number of nitrogens with zero attached hydrogens (tertiary/aromatic N) is 2. The van der Waals surface area contributed by atoms with Gasteiger partial charge in [-0.25, -0.2) is 0 Å². The highest BCUT2D eigenvalue weighted by molar-refractivity contribution is 7.10. The van der Waals surface area contributed by atoms with Gasteiger partial charge in [0, 0.05) is 24.5 Å². The van der Waals surface area contributed by atoms with Gasteiger partial charge in [0.05, 0.1) is 6.04 Å². The average molecular weight is 280 g/mol. The zero-order valence-corrected chi connectivity index (χ0v) is 13.0. The molecule has 0 amide bonds. The first-order valence-corrected chi connectivity index (χ1v) is 7.66. The number of likely N-dealkylation sites (N-methyl/N-ethyl adjacent to an activating group) is 1. The molecule has 2 rings (SSSR count). The molecule has 0 radical (unpaired) electrons. The molecule has 1 fully saturated rings. The van der Waals surface area contributed by atoms with Gasteiger partial charge in [0.1, 0.15) is 0 Å². The minimum atomic E-state index is 0.384. The number of hydrogen-bond acceptors (Lipinski definition) is 3. The molecule has 1 heterocycles. The molecule has 2 N–H and O–H groups in total. The molecule has 0 spiro atoms. The van der Waals surface area contributed by atoms with Crippen molar-refractivity contribution < 1.29 is 0 Å². The molecule has 1 aliphatic rings. The van der Waals surface area contributed by atoms with E-state index in [1.807, 2.05) is 7.05 Å². The summed E-state index contributed by atoms with van der Waals surface area (Å²) in [6, 6.07) is 5.28. The lowest BCUT2D eigenvalue weighted by Crippen LogP contribution is -2.42. The lowest BCUT2D eigenvalue weighted by atomic mass is 10.2. The third-order valence-electron chi connectivity index (χ3n) is 3.61. The normalized spacial score (nSPS) is 24.4. The molecule has 19 heavy (non-hydrogen) atoms. The summed E-state index contributed by atoms with van der Waals surface area (Å²) < 4.78 is 0. The third kappa shape index (κ3) is 3.94. The predicted octanol–water partition coefficient (Wildman–Crippen LogP) is 1.92. The van der Waals surface area contributed by atoms with Crippen LogP contribution in [-0.2, 0) is 0 Å². The van der Waals surface area contributed by atoms with E-state index < -0.39 is 0 Å². The fourth-order valence-corrected chi connectivity index (χ4v) is 3.03. The number of rotatable bonds is 5. The molecular weight excluding hydrogens is 256 g/mol. The van der Waals surface area contributed by atoms with Crippen LogP contribution in [0.3, 0.4) is 0 Å². The van der Waals surface area contributed by atoms with Crippen molar-refractivity contribution in [1.29, 1.82) is 0 Å². The van der Waals surface area contributed by atoms with Crippen LogP contribution in [0, 0.1) is 5.92 Å². The van der Waals surface area contributed by atoms with Crippen molar-refractivity contribution in [3.8, 4) is 0 Å². The second-order valence-electron chi connectivity index (χ2n) is 5.41. The van der Waals surface area contributed by atoms with Crippen molar-refractivity contribution in [2.75, 3.05) is 27.7 Å².